The summed E-state index contributed by atoms with van der Waals surface area (Å²) in [5.41, 5.74) is 4.66. The van der Waals surface area contributed by atoms with E-state index in [1.807, 2.05) is 0 Å². The summed E-state index contributed by atoms with van der Waals surface area (Å²) in [6.07, 6.45) is -8.82. The Labute approximate surface area is 145 Å². The van der Waals surface area contributed by atoms with Crippen LogP contribution in [0.3, 0.4) is 0 Å². The Morgan fingerprint density at radius 1 is 1.27 bits per heavy atom. The molecule has 1 heterocycles. The van der Waals surface area contributed by atoms with Crippen molar-refractivity contribution in [3.8, 4) is 17.1 Å². The molecule has 1 atom stereocenters. The molecule has 1 aromatic carbocycles. The van der Waals surface area contributed by atoms with Crippen LogP contribution in [0.4, 0.5) is 13.2 Å². The van der Waals surface area contributed by atoms with Gasteiger partial charge >= 0.3 is 12.3 Å². The Kier molecular flexibility index (Phi) is 5.58. The van der Waals surface area contributed by atoms with E-state index in [0.717, 1.165) is 0 Å². The highest BCUT2D eigenvalue weighted by Gasteiger charge is 2.38. The van der Waals surface area contributed by atoms with Crippen molar-refractivity contribution in [1.29, 1.82) is 0 Å². The van der Waals surface area contributed by atoms with Crippen LogP contribution in [-0.4, -0.2) is 42.7 Å². The minimum absolute atomic E-state index is 0.000588. The van der Waals surface area contributed by atoms with E-state index in [1.165, 1.54) is 18.2 Å². The van der Waals surface area contributed by atoms with E-state index in [-0.39, 0.29) is 35.2 Å². The molecule has 26 heavy (non-hydrogen) atoms. The highest BCUT2D eigenvalue weighted by atomic mass is 19.4. The summed E-state index contributed by atoms with van der Waals surface area (Å²) in [5.74, 6) is -0.385. The first kappa shape index (κ1) is 20.1. The van der Waals surface area contributed by atoms with Gasteiger partial charge in [-0.2, -0.15) is 13.2 Å². The molecule has 0 spiro atoms. The normalized spacial score (nSPS) is 13.7. The lowest BCUT2D eigenvalue weighted by atomic mass is 10.1. The summed E-state index contributed by atoms with van der Waals surface area (Å²) < 4.78 is 44.4. The lowest BCUT2D eigenvalue weighted by Crippen LogP contribution is -2.32. The van der Waals surface area contributed by atoms with Crippen molar-refractivity contribution in [2.75, 3.05) is 6.61 Å². The van der Waals surface area contributed by atoms with Crippen LogP contribution in [0.15, 0.2) is 24.4 Å². The third kappa shape index (κ3) is 4.31. The maximum absolute atomic E-state index is 12.9. The molecule has 8 nitrogen and oxygen atoms in total. The second kappa shape index (κ2) is 7.21. The maximum Gasteiger partial charge on any atom is 0.434 e. The quantitative estimate of drug-likeness (QED) is 0.458. The van der Waals surface area contributed by atoms with E-state index in [2.05, 4.69) is 4.98 Å². The van der Waals surface area contributed by atoms with E-state index in [1.54, 1.807) is 6.92 Å². The van der Waals surface area contributed by atoms with Crippen molar-refractivity contribution in [2.24, 2.45) is 5.73 Å². The first-order chi connectivity index (χ1) is 12.0. The van der Waals surface area contributed by atoms with Gasteiger partial charge in [-0.25, -0.2) is 4.98 Å². The number of halogens is 3. The van der Waals surface area contributed by atoms with Crippen molar-refractivity contribution >= 4 is 0 Å². The van der Waals surface area contributed by atoms with Crippen LogP contribution in [0.25, 0.3) is 11.4 Å². The molecule has 0 saturated heterocycles. The van der Waals surface area contributed by atoms with Crippen molar-refractivity contribution in [1.82, 2.24) is 9.55 Å². The number of benzene rings is 1. The molecule has 11 heteroatoms. The van der Waals surface area contributed by atoms with Gasteiger partial charge in [-0.3, -0.25) is 4.57 Å². The van der Waals surface area contributed by atoms with Gasteiger partial charge in [-0.05, 0) is 13.0 Å². The zero-order valence-corrected chi connectivity index (χ0v) is 13.6. The average molecular weight is 377 g/mol. The smallest absolute Gasteiger partial charge is 0.434 e. The van der Waals surface area contributed by atoms with Crippen LogP contribution in [0.5, 0.6) is 5.75 Å². The van der Waals surface area contributed by atoms with Gasteiger partial charge in [0.2, 0.25) is 0 Å². The number of rotatable bonds is 6. The number of aromatic nitrogens is 2. The molecule has 2 aromatic rings. The van der Waals surface area contributed by atoms with Crippen LogP contribution in [0, 0.1) is 0 Å². The summed E-state index contributed by atoms with van der Waals surface area (Å²) >= 11 is 0. The molecule has 0 fully saturated rings. The number of imidazole rings is 1. The number of aliphatic hydroxyl groups is 4. The van der Waals surface area contributed by atoms with Gasteiger partial charge in [0.05, 0.1) is 6.61 Å². The van der Waals surface area contributed by atoms with Gasteiger partial charge in [0, 0.05) is 23.9 Å². The Morgan fingerprint density at radius 2 is 1.92 bits per heavy atom. The minimum atomic E-state index is -4.87. The van der Waals surface area contributed by atoms with Crippen LogP contribution >= 0.6 is 0 Å². The molecular weight excluding hydrogens is 359 g/mol. The monoisotopic (exact) mass is 377 g/mol. The Bertz CT molecular complexity index is 771. The highest BCUT2D eigenvalue weighted by Crippen LogP contribution is 2.34. The lowest BCUT2D eigenvalue weighted by molar-refractivity contribution is -0.374. The fourth-order valence-electron chi connectivity index (χ4n) is 2.18. The van der Waals surface area contributed by atoms with E-state index in [0.29, 0.717) is 5.56 Å². The molecule has 1 aromatic heterocycles. The number of hydrogen-bond acceptors (Lipinski definition) is 7. The zero-order chi connectivity index (χ0) is 19.7. The van der Waals surface area contributed by atoms with Gasteiger partial charge in [0.25, 0.3) is 0 Å². The Balaban J connectivity index is 2.60. The second-order valence-electron chi connectivity index (χ2n) is 5.56. The summed E-state index contributed by atoms with van der Waals surface area (Å²) in [5, 5.41) is 37.1. The largest absolute Gasteiger partial charge is 0.488 e. The number of nitrogens with zero attached hydrogens (tertiary/aromatic N) is 2. The number of aliphatic hydroxyl groups excluding tert-OH is 1. The third-order valence-corrected chi connectivity index (χ3v) is 3.45. The molecule has 6 N–H and O–H groups in total. The first-order valence-electron chi connectivity index (χ1n) is 7.42. The maximum atomic E-state index is 12.9. The molecule has 0 aliphatic rings. The minimum Gasteiger partial charge on any atom is -0.488 e. The standard InChI is InChI=1S/C15H18F3N3O5/c1-8(7-22)26-11-4-9(2-3-10(11)5-19)13-20-12(14(16,17)18)6-21(13)15(23,24)25/h2-4,6,8,22-25H,5,7,19H2,1H3. The van der Waals surface area contributed by atoms with Crippen molar-refractivity contribution < 1.29 is 38.3 Å². The molecule has 0 saturated carbocycles. The molecule has 2 rings (SSSR count). The predicted octanol–water partition coefficient (Wildman–Crippen LogP) is 0.332. The summed E-state index contributed by atoms with van der Waals surface area (Å²) in [4.78, 5) is 3.34. The molecule has 0 aliphatic carbocycles. The van der Waals surface area contributed by atoms with Crippen LogP contribution < -0.4 is 10.5 Å². The number of ether oxygens (including phenoxy) is 1. The fourth-order valence-corrected chi connectivity index (χ4v) is 2.18. The molecular formula is C15H18F3N3O5. The van der Waals surface area contributed by atoms with Crippen molar-refractivity contribution in [2.45, 2.75) is 31.8 Å². The Hall–Kier alpha value is -2.18. The fraction of sp³-hybridized carbons (Fsp3) is 0.400. The number of nitrogens with two attached hydrogens (primary N) is 1. The SMILES string of the molecule is CC(CO)Oc1cc(-c2nc(C(F)(F)F)cn2C(O)(O)O)ccc1CN. The van der Waals surface area contributed by atoms with Crippen LogP contribution in [0.1, 0.15) is 18.2 Å². The van der Waals surface area contributed by atoms with Gasteiger partial charge in [0.15, 0.2) is 5.69 Å². The third-order valence-electron chi connectivity index (χ3n) is 3.45. The molecule has 144 valence electrons. The molecule has 0 aliphatic heterocycles. The van der Waals surface area contributed by atoms with Gasteiger partial charge in [0.1, 0.15) is 17.7 Å². The molecule has 0 bridgehead atoms. The molecule has 0 radical (unpaired) electrons. The summed E-state index contributed by atoms with van der Waals surface area (Å²) in [6, 6.07) is 4.07. The second-order valence-corrected chi connectivity index (χ2v) is 5.56. The average Bonchev–Trinajstić information content (AvgIpc) is 3.00. The highest BCUT2D eigenvalue weighted by molar-refractivity contribution is 5.60. The van der Waals surface area contributed by atoms with E-state index in [4.69, 9.17) is 15.6 Å². The molecule has 0 amide bonds. The van der Waals surface area contributed by atoms with Gasteiger partial charge in [-0.15, -0.1) is 0 Å². The summed E-state index contributed by atoms with van der Waals surface area (Å²) in [7, 11) is 0. The first-order valence-corrected chi connectivity index (χ1v) is 7.42. The lowest BCUT2D eigenvalue weighted by Gasteiger charge is -2.19. The van der Waals surface area contributed by atoms with Crippen LogP contribution in [-0.2, 0) is 18.8 Å². The van der Waals surface area contributed by atoms with Crippen molar-refractivity contribution in [3.63, 3.8) is 0 Å². The zero-order valence-electron chi connectivity index (χ0n) is 13.6. The number of hydrogen-bond donors (Lipinski definition) is 5. The topological polar surface area (TPSA) is 134 Å². The predicted molar refractivity (Wildman–Crippen MR) is 82.4 cm³/mol. The van der Waals surface area contributed by atoms with E-state index < -0.39 is 29.9 Å². The van der Waals surface area contributed by atoms with Crippen LogP contribution in [0.2, 0.25) is 0 Å². The summed E-state index contributed by atoms with van der Waals surface area (Å²) in [6.45, 7) is 1.31. The van der Waals surface area contributed by atoms with E-state index in [9.17, 15) is 28.5 Å². The van der Waals surface area contributed by atoms with Gasteiger partial charge < -0.3 is 30.9 Å². The van der Waals surface area contributed by atoms with Crippen molar-refractivity contribution in [3.05, 3.63) is 35.7 Å². The number of alkyl halides is 3. The van der Waals surface area contributed by atoms with E-state index >= 15 is 0 Å². The Morgan fingerprint density at radius 3 is 2.42 bits per heavy atom. The molecule has 1 unspecified atom stereocenters. The van der Waals surface area contributed by atoms with Gasteiger partial charge in [-0.1, -0.05) is 12.1 Å².